The molecule has 4 rings (SSSR count). The molecule has 1 heterocycles. The number of alkyl halides is 3. The van der Waals surface area contributed by atoms with Crippen LogP contribution in [-0.2, 0) is 11.0 Å². The van der Waals surface area contributed by atoms with Crippen molar-refractivity contribution < 1.29 is 22.8 Å². The number of carbonyl (C=O) groups is 2. The van der Waals surface area contributed by atoms with Crippen LogP contribution in [0.2, 0.25) is 0 Å². The van der Waals surface area contributed by atoms with Gasteiger partial charge in [-0.2, -0.15) is 13.2 Å². The number of thioether (sulfide) groups is 1. The molecule has 1 N–H and O–H groups in total. The summed E-state index contributed by atoms with van der Waals surface area (Å²) in [5, 5.41) is 2.43. The molecule has 3 aromatic carbocycles. The third kappa shape index (κ3) is 4.83. The lowest BCUT2D eigenvalue weighted by Crippen LogP contribution is -2.28. The van der Waals surface area contributed by atoms with Crippen molar-refractivity contribution in [2.24, 2.45) is 0 Å². The summed E-state index contributed by atoms with van der Waals surface area (Å²) in [6, 6.07) is 18.6. The fourth-order valence-corrected chi connectivity index (χ4v) is 4.77. The number of nitrogens with one attached hydrogen (secondary N) is 1. The number of carbonyl (C=O) groups excluding carboxylic acids is 2. The van der Waals surface area contributed by atoms with Gasteiger partial charge in [-0.05, 0) is 66.2 Å². The van der Waals surface area contributed by atoms with E-state index < -0.39 is 17.1 Å². The van der Waals surface area contributed by atoms with E-state index in [2.05, 4.69) is 21.2 Å². The van der Waals surface area contributed by atoms with E-state index in [4.69, 9.17) is 0 Å². The molecule has 0 radical (unpaired) electrons. The second-order valence-corrected chi connectivity index (χ2v) is 9.04. The first kappa shape index (κ1) is 22.4. The normalized spacial score (nSPS) is 16.3. The van der Waals surface area contributed by atoms with E-state index >= 15 is 0 Å². The third-order valence-electron chi connectivity index (χ3n) is 4.88. The van der Waals surface area contributed by atoms with Gasteiger partial charge in [-0.3, -0.25) is 14.5 Å². The van der Waals surface area contributed by atoms with Gasteiger partial charge in [-0.15, -0.1) is 11.8 Å². The molecule has 1 atom stereocenters. The smallest absolute Gasteiger partial charge is 0.322 e. The highest BCUT2D eigenvalue weighted by atomic mass is 79.9. The van der Waals surface area contributed by atoms with Crippen LogP contribution in [0.4, 0.5) is 24.5 Å². The molecule has 164 valence electrons. The summed E-state index contributed by atoms with van der Waals surface area (Å²) in [5.74, 6) is -0.255. The minimum absolute atomic E-state index is 0.191. The van der Waals surface area contributed by atoms with Crippen molar-refractivity contribution in [1.29, 1.82) is 0 Å². The molecule has 0 aromatic heterocycles. The van der Waals surface area contributed by atoms with E-state index in [9.17, 15) is 22.8 Å². The molecule has 0 spiro atoms. The zero-order chi connectivity index (χ0) is 22.9. The quantitative estimate of drug-likeness (QED) is 0.427. The number of amides is 2. The van der Waals surface area contributed by atoms with Crippen LogP contribution >= 0.6 is 27.7 Å². The molecule has 0 unspecified atom stereocenters. The fourth-order valence-electron chi connectivity index (χ4n) is 3.34. The molecule has 1 aliphatic rings. The standard InChI is InChI=1S/C23H16BrF3N2O2S/c24-17-8-4-14(5-9-17)21(31)28-18-3-1-2-15(12-18)22-29(20(30)13-32-22)19-10-6-16(7-11-19)23(25,26)27/h1-12,22H,13H2,(H,28,31)/t22-/m1/s1. The molecular weight excluding hydrogens is 505 g/mol. The van der Waals surface area contributed by atoms with Gasteiger partial charge >= 0.3 is 6.18 Å². The molecule has 1 aliphatic heterocycles. The lowest BCUT2D eigenvalue weighted by Gasteiger charge is -2.25. The van der Waals surface area contributed by atoms with Crippen LogP contribution in [0.25, 0.3) is 0 Å². The van der Waals surface area contributed by atoms with Crippen molar-refractivity contribution in [1.82, 2.24) is 0 Å². The first-order valence-corrected chi connectivity index (χ1v) is 11.3. The Morgan fingerprint density at radius 2 is 1.72 bits per heavy atom. The largest absolute Gasteiger partial charge is 0.416 e. The number of rotatable bonds is 4. The fraction of sp³-hybridized carbons (Fsp3) is 0.130. The minimum Gasteiger partial charge on any atom is -0.322 e. The molecule has 3 aromatic rings. The number of hydrogen-bond donors (Lipinski definition) is 1. The zero-order valence-corrected chi connectivity index (χ0v) is 18.8. The minimum atomic E-state index is -4.44. The van der Waals surface area contributed by atoms with Gasteiger partial charge in [0.1, 0.15) is 5.37 Å². The van der Waals surface area contributed by atoms with Gasteiger partial charge < -0.3 is 5.32 Å². The molecule has 1 saturated heterocycles. The molecule has 1 fully saturated rings. The van der Waals surface area contributed by atoms with Crippen molar-refractivity contribution >= 4 is 50.9 Å². The maximum absolute atomic E-state index is 12.9. The van der Waals surface area contributed by atoms with Gasteiger partial charge in [-0.1, -0.05) is 28.1 Å². The molecule has 9 heteroatoms. The van der Waals surface area contributed by atoms with Crippen molar-refractivity contribution in [3.63, 3.8) is 0 Å². The van der Waals surface area contributed by atoms with Crippen LogP contribution in [0, 0.1) is 0 Å². The third-order valence-corrected chi connectivity index (χ3v) is 6.62. The van der Waals surface area contributed by atoms with Crippen LogP contribution in [0.3, 0.4) is 0 Å². The number of benzene rings is 3. The van der Waals surface area contributed by atoms with Crippen molar-refractivity contribution in [3.8, 4) is 0 Å². The average Bonchev–Trinajstić information content (AvgIpc) is 3.15. The topological polar surface area (TPSA) is 49.4 Å². The van der Waals surface area contributed by atoms with E-state index in [-0.39, 0.29) is 17.6 Å². The monoisotopic (exact) mass is 520 g/mol. The number of anilines is 2. The lowest BCUT2D eigenvalue weighted by atomic mass is 10.1. The Labute approximate surface area is 194 Å². The Morgan fingerprint density at radius 3 is 2.38 bits per heavy atom. The van der Waals surface area contributed by atoms with E-state index in [1.165, 1.54) is 28.8 Å². The Kier molecular flexibility index (Phi) is 6.30. The van der Waals surface area contributed by atoms with Gasteiger partial charge in [0.05, 0.1) is 11.3 Å². The van der Waals surface area contributed by atoms with Crippen molar-refractivity contribution in [2.45, 2.75) is 11.6 Å². The second-order valence-electron chi connectivity index (χ2n) is 7.06. The summed E-state index contributed by atoms with van der Waals surface area (Å²) >= 11 is 4.71. The van der Waals surface area contributed by atoms with E-state index in [0.717, 1.165) is 22.2 Å². The van der Waals surface area contributed by atoms with E-state index in [1.807, 2.05) is 6.07 Å². The Balaban J connectivity index is 1.56. The Bertz CT molecular complexity index is 1150. The summed E-state index contributed by atoms with van der Waals surface area (Å²) in [4.78, 5) is 26.5. The van der Waals surface area contributed by atoms with Crippen LogP contribution in [0.15, 0.2) is 77.3 Å². The van der Waals surface area contributed by atoms with Crippen molar-refractivity contribution in [3.05, 3.63) is 94.0 Å². The predicted octanol–water partition coefficient (Wildman–Crippen LogP) is 6.50. The maximum Gasteiger partial charge on any atom is 0.416 e. The molecule has 32 heavy (non-hydrogen) atoms. The molecule has 0 aliphatic carbocycles. The van der Waals surface area contributed by atoms with Crippen molar-refractivity contribution in [2.75, 3.05) is 16.0 Å². The van der Waals surface area contributed by atoms with Crippen LogP contribution in [0.1, 0.15) is 26.9 Å². The molecule has 2 amide bonds. The van der Waals surface area contributed by atoms with Gasteiger partial charge in [0, 0.05) is 21.4 Å². The van der Waals surface area contributed by atoms with Gasteiger partial charge in [0.15, 0.2) is 0 Å². The van der Waals surface area contributed by atoms with E-state index in [1.54, 1.807) is 42.5 Å². The summed E-state index contributed by atoms with van der Waals surface area (Å²) in [7, 11) is 0. The summed E-state index contributed by atoms with van der Waals surface area (Å²) in [6.07, 6.45) is -4.44. The van der Waals surface area contributed by atoms with E-state index in [0.29, 0.717) is 16.9 Å². The zero-order valence-electron chi connectivity index (χ0n) is 16.4. The van der Waals surface area contributed by atoms with Crippen LogP contribution < -0.4 is 10.2 Å². The number of halogens is 4. The van der Waals surface area contributed by atoms with Gasteiger partial charge in [0.2, 0.25) is 5.91 Å². The van der Waals surface area contributed by atoms with Gasteiger partial charge in [-0.25, -0.2) is 0 Å². The molecule has 4 nitrogen and oxygen atoms in total. The summed E-state index contributed by atoms with van der Waals surface area (Å²) < 4.78 is 39.5. The SMILES string of the molecule is O=C(Nc1cccc([C@H]2SCC(=O)N2c2ccc(C(F)(F)F)cc2)c1)c1ccc(Br)cc1. The maximum atomic E-state index is 12.9. The summed E-state index contributed by atoms with van der Waals surface area (Å²) in [5.41, 5.74) is 1.43. The highest BCUT2D eigenvalue weighted by molar-refractivity contribution is 9.10. The molecule has 0 bridgehead atoms. The molecule has 0 saturated carbocycles. The predicted molar refractivity (Wildman–Crippen MR) is 123 cm³/mol. The first-order valence-electron chi connectivity index (χ1n) is 9.50. The summed E-state index contributed by atoms with van der Waals surface area (Å²) in [6.45, 7) is 0. The number of hydrogen-bond acceptors (Lipinski definition) is 3. The Morgan fingerprint density at radius 1 is 1.03 bits per heavy atom. The average molecular weight is 521 g/mol. The number of nitrogens with zero attached hydrogens (tertiary/aromatic N) is 1. The highest BCUT2D eigenvalue weighted by Crippen LogP contribution is 2.43. The van der Waals surface area contributed by atoms with Crippen LogP contribution in [-0.4, -0.2) is 17.6 Å². The first-order chi connectivity index (χ1) is 15.2. The highest BCUT2D eigenvalue weighted by Gasteiger charge is 2.35. The van der Waals surface area contributed by atoms with Crippen LogP contribution in [0.5, 0.6) is 0 Å². The van der Waals surface area contributed by atoms with Gasteiger partial charge in [0.25, 0.3) is 5.91 Å². The second kappa shape index (κ2) is 8.99. The Hall–Kier alpha value is -2.78. The molecular formula is C23H16BrF3N2O2S. The lowest BCUT2D eigenvalue weighted by molar-refractivity contribution is -0.137.